The Labute approximate surface area is 155 Å². The van der Waals surface area contributed by atoms with E-state index in [0.717, 1.165) is 30.9 Å². The molecule has 0 aliphatic carbocycles. The van der Waals surface area contributed by atoms with E-state index in [2.05, 4.69) is 35.3 Å². The minimum Gasteiger partial charge on any atom is -0.336 e. The highest BCUT2D eigenvalue weighted by Crippen LogP contribution is 2.21. The van der Waals surface area contributed by atoms with Gasteiger partial charge in [0.05, 0.1) is 5.69 Å². The topological polar surface area (TPSA) is 63.1 Å². The largest absolute Gasteiger partial charge is 0.336 e. The van der Waals surface area contributed by atoms with Gasteiger partial charge in [0.25, 0.3) is 0 Å². The predicted octanol–water partition coefficient (Wildman–Crippen LogP) is 2.43. The van der Waals surface area contributed by atoms with E-state index in [0.29, 0.717) is 18.4 Å². The van der Waals surface area contributed by atoms with Crippen molar-refractivity contribution in [2.75, 3.05) is 19.6 Å². The standard InChI is InChI=1S/C20H29N5O/c1-16(2)13-24(14-17-5-3-8-21-11-17)20(26)15-25-10-7-19(23-25)18-6-4-9-22-12-18/h3,5,7-8,10-11,16,18,22H,4,6,9,12-15H2,1-2H3/t18-/m0/s1. The predicted molar refractivity (Wildman–Crippen MR) is 102 cm³/mol. The van der Waals surface area contributed by atoms with Gasteiger partial charge in [-0.1, -0.05) is 19.9 Å². The van der Waals surface area contributed by atoms with Crippen LogP contribution in [0, 0.1) is 5.92 Å². The van der Waals surface area contributed by atoms with Gasteiger partial charge < -0.3 is 10.2 Å². The van der Waals surface area contributed by atoms with Crippen LogP contribution in [0.25, 0.3) is 0 Å². The molecule has 6 nitrogen and oxygen atoms in total. The molecule has 1 aliphatic heterocycles. The van der Waals surface area contributed by atoms with E-state index in [-0.39, 0.29) is 12.5 Å². The highest BCUT2D eigenvalue weighted by atomic mass is 16.2. The van der Waals surface area contributed by atoms with Crippen LogP contribution in [0.3, 0.4) is 0 Å². The summed E-state index contributed by atoms with van der Waals surface area (Å²) >= 11 is 0. The van der Waals surface area contributed by atoms with Gasteiger partial charge in [-0.15, -0.1) is 0 Å². The van der Waals surface area contributed by atoms with E-state index in [1.54, 1.807) is 10.9 Å². The summed E-state index contributed by atoms with van der Waals surface area (Å²) in [7, 11) is 0. The zero-order valence-corrected chi connectivity index (χ0v) is 15.8. The first-order valence-electron chi connectivity index (χ1n) is 9.52. The summed E-state index contributed by atoms with van der Waals surface area (Å²) in [4.78, 5) is 18.9. The van der Waals surface area contributed by atoms with Gasteiger partial charge in [0.2, 0.25) is 5.91 Å². The number of carbonyl (C=O) groups excluding carboxylic acids is 1. The van der Waals surface area contributed by atoms with Gasteiger partial charge in [-0.2, -0.15) is 5.10 Å². The fraction of sp³-hybridized carbons (Fsp3) is 0.550. The monoisotopic (exact) mass is 355 g/mol. The van der Waals surface area contributed by atoms with Crippen molar-refractivity contribution in [2.45, 2.75) is 45.7 Å². The van der Waals surface area contributed by atoms with Gasteiger partial charge in [-0.3, -0.25) is 14.5 Å². The van der Waals surface area contributed by atoms with Crippen molar-refractivity contribution >= 4 is 5.91 Å². The van der Waals surface area contributed by atoms with Crippen molar-refractivity contribution < 1.29 is 4.79 Å². The van der Waals surface area contributed by atoms with E-state index in [4.69, 9.17) is 0 Å². The number of carbonyl (C=O) groups is 1. The molecular weight excluding hydrogens is 326 g/mol. The maximum Gasteiger partial charge on any atom is 0.244 e. The normalized spacial score (nSPS) is 17.4. The molecule has 1 fully saturated rings. The molecule has 1 N–H and O–H groups in total. The van der Waals surface area contributed by atoms with Crippen LogP contribution in [-0.2, 0) is 17.9 Å². The summed E-state index contributed by atoms with van der Waals surface area (Å²) in [5, 5.41) is 8.08. The third-order valence-corrected chi connectivity index (χ3v) is 4.71. The summed E-state index contributed by atoms with van der Waals surface area (Å²) in [6.45, 7) is 7.93. The molecule has 3 rings (SSSR count). The van der Waals surface area contributed by atoms with E-state index >= 15 is 0 Å². The lowest BCUT2D eigenvalue weighted by Crippen LogP contribution is -2.36. The second kappa shape index (κ2) is 8.94. The highest BCUT2D eigenvalue weighted by molar-refractivity contribution is 5.75. The van der Waals surface area contributed by atoms with Crippen molar-refractivity contribution in [1.82, 2.24) is 25.0 Å². The summed E-state index contributed by atoms with van der Waals surface area (Å²) < 4.78 is 1.78. The Balaban J connectivity index is 1.64. The van der Waals surface area contributed by atoms with Gasteiger partial charge >= 0.3 is 0 Å². The quantitative estimate of drug-likeness (QED) is 0.829. The van der Waals surface area contributed by atoms with Gasteiger partial charge in [0.15, 0.2) is 0 Å². The van der Waals surface area contributed by atoms with Crippen LogP contribution in [0.1, 0.15) is 43.9 Å². The summed E-state index contributed by atoms with van der Waals surface area (Å²) in [6, 6.07) is 5.97. The Morgan fingerprint density at radius 3 is 3.00 bits per heavy atom. The van der Waals surface area contributed by atoms with Gasteiger partial charge in [-0.05, 0) is 43.0 Å². The van der Waals surface area contributed by atoms with E-state index in [1.807, 2.05) is 29.4 Å². The first-order chi connectivity index (χ1) is 12.6. The van der Waals surface area contributed by atoms with Crippen molar-refractivity contribution in [2.24, 2.45) is 5.92 Å². The Morgan fingerprint density at radius 1 is 1.42 bits per heavy atom. The van der Waals surface area contributed by atoms with Crippen LogP contribution < -0.4 is 5.32 Å². The smallest absolute Gasteiger partial charge is 0.244 e. The highest BCUT2D eigenvalue weighted by Gasteiger charge is 2.20. The van der Waals surface area contributed by atoms with Crippen LogP contribution in [0.4, 0.5) is 0 Å². The van der Waals surface area contributed by atoms with Crippen LogP contribution in [0.15, 0.2) is 36.8 Å². The van der Waals surface area contributed by atoms with Crippen molar-refractivity contribution in [3.05, 3.63) is 48.0 Å². The van der Waals surface area contributed by atoms with Crippen molar-refractivity contribution in [3.8, 4) is 0 Å². The number of amides is 1. The molecule has 2 aromatic rings. The molecule has 1 atom stereocenters. The van der Waals surface area contributed by atoms with Crippen LogP contribution in [0.5, 0.6) is 0 Å². The molecule has 2 aromatic heterocycles. The summed E-state index contributed by atoms with van der Waals surface area (Å²) in [6.07, 6.45) is 7.85. The van der Waals surface area contributed by atoms with Crippen LogP contribution >= 0.6 is 0 Å². The molecule has 0 bridgehead atoms. The number of nitrogens with one attached hydrogen (secondary N) is 1. The zero-order valence-electron chi connectivity index (χ0n) is 15.8. The molecular formula is C20H29N5O. The van der Waals surface area contributed by atoms with E-state index in [1.165, 1.54) is 12.8 Å². The lowest BCUT2D eigenvalue weighted by Gasteiger charge is -2.25. The number of nitrogens with zero attached hydrogens (tertiary/aromatic N) is 4. The van der Waals surface area contributed by atoms with Gasteiger partial charge in [0.1, 0.15) is 6.54 Å². The maximum absolute atomic E-state index is 12.9. The average molecular weight is 355 g/mol. The second-order valence-electron chi connectivity index (χ2n) is 7.51. The van der Waals surface area contributed by atoms with Gasteiger partial charge in [0, 0.05) is 44.1 Å². The molecule has 26 heavy (non-hydrogen) atoms. The molecule has 0 radical (unpaired) electrons. The minimum atomic E-state index is 0.0963. The molecule has 1 aliphatic rings. The third kappa shape index (κ3) is 5.14. The molecule has 140 valence electrons. The fourth-order valence-electron chi connectivity index (χ4n) is 3.43. The number of piperidine rings is 1. The molecule has 0 aromatic carbocycles. The minimum absolute atomic E-state index is 0.0963. The first-order valence-corrected chi connectivity index (χ1v) is 9.52. The molecule has 0 saturated carbocycles. The molecule has 1 amide bonds. The Hall–Kier alpha value is -2.21. The molecule has 1 saturated heterocycles. The number of aromatic nitrogens is 3. The lowest BCUT2D eigenvalue weighted by atomic mass is 9.97. The average Bonchev–Trinajstić information content (AvgIpc) is 3.11. The number of hydrogen-bond acceptors (Lipinski definition) is 4. The molecule has 6 heteroatoms. The summed E-state index contributed by atoms with van der Waals surface area (Å²) in [5.74, 6) is 0.971. The van der Waals surface area contributed by atoms with E-state index < -0.39 is 0 Å². The second-order valence-corrected chi connectivity index (χ2v) is 7.51. The summed E-state index contributed by atoms with van der Waals surface area (Å²) in [5.41, 5.74) is 2.14. The van der Waals surface area contributed by atoms with Crippen molar-refractivity contribution in [1.29, 1.82) is 0 Å². The Kier molecular flexibility index (Phi) is 6.39. The van der Waals surface area contributed by atoms with Crippen molar-refractivity contribution in [3.63, 3.8) is 0 Å². The lowest BCUT2D eigenvalue weighted by molar-refractivity contribution is -0.133. The Morgan fingerprint density at radius 2 is 2.31 bits per heavy atom. The molecule has 3 heterocycles. The zero-order chi connectivity index (χ0) is 18.4. The van der Waals surface area contributed by atoms with Crippen LogP contribution in [0.2, 0.25) is 0 Å². The number of pyridine rings is 1. The SMILES string of the molecule is CC(C)CN(Cc1cccnc1)C(=O)Cn1ccc([C@H]2CCCNC2)n1. The first kappa shape index (κ1) is 18.6. The molecule has 0 spiro atoms. The number of rotatable bonds is 7. The fourth-order valence-corrected chi connectivity index (χ4v) is 3.43. The van der Waals surface area contributed by atoms with Crippen LogP contribution in [-0.4, -0.2) is 45.2 Å². The van der Waals surface area contributed by atoms with Gasteiger partial charge in [-0.25, -0.2) is 0 Å². The van der Waals surface area contributed by atoms with E-state index in [9.17, 15) is 4.79 Å². The maximum atomic E-state index is 12.9. The number of hydrogen-bond donors (Lipinski definition) is 1. The molecule has 0 unspecified atom stereocenters. The Bertz CT molecular complexity index is 691. The third-order valence-electron chi connectivity index (χ3n) is 4.71.